The van der Waals surface area contributed by atoms with E-state index < -0.39 is 16.0 Å². The molecule has 2 unspecified atom stereocenters. The smallest absolute Gasteiger partial charge is 0.178 e. The minimum atomic E-state index is -1.37. The molecular weight excluding hydrogens is 324 g/mol. The summed E-state index contributed by atoms with van der Waals surface area (Å²) in [6.45, 7) is 1.70. The molecule has 0 aromatic heterocycles. The van der Waals surface area contributed by atoms with Crippen LogP contribution in [0.4, 0.5) is 0 Å². The third kappa shape index (κ3) is 3.19. The Kier molecular flexibility index (Phi) is 4.66. The number of rotatable bonds is 4. The van der Waals surface area contributed by atoms with Crippen LogP contribution in [0.1, 0.15) is 17.3 Å². The lowest BCUT2D eigenvalue weighted by atomic mass is 10.1. The van der Waals surface area contributed by atoms with Crippen molar-refractivity contribution in [2.45, 2.75) is 17.1 Å². The second kappa shape index (κ2) is 6.26. The van der Waals surface area contributed by atoms with E-state index in [4.69, 9.17) is 0 Å². The molecule has 98 valence electrons. The number of ketones is 1. The van der Waals surface area contributed by atoms with Crippen molar-refractivity contribution in [3.63, 3.8) is 0 Å². The van der Waals surface area contributed by atoms with E-state index in [0.29, 0.717) is 10.5 Å². The number of hydrogen-bond acceptors (Lipinski definition) is 2. The molecule has 0 aliphatic heterocycles. The van der Waals surface area contributed by atoms with E-state index in [1.54, 1.807) is 37.3 Å². The summed E-state index contributed by atoms with van der Waals surface area (Å²) in [6, 6.07) is 16.2. The molecule has 0 radical (unpaired) electrons. The highest BCUT2D eigenvalue weighted by atomic mass is 79.9. The normalized spacial score (nSPS) is 13.8. The van der Waals surface area contributed by atoms with Gasteiger partial charge in [0.05, 0.1) is 20.9 Å². The van der Waals surface area contributed by atoms with Crippen LogP contribution in [-0.2, 0) is 10.8 Å². The van der Waals surface area contributed by atoms with Gasteiger partial charge >= 0.3 is 0 Å². The SMILES string of the molecule is CC(C(=O)c1ccccc1)S(=O)c1ccccc1Br. The van der Waals surface area contributed by atoms with E-state index in [9.17, 15) is 9.00 Å². The summed E-state index contributed by atoms with van der Waals surface area (Å²) in [5, 5.41) is -0.568. The fraction of sp³-hybridized carbons (Fsp3) is 0.133. The number of Topliss-reactive ketones (excluding diaryl/α,β-unsaturated/α-hetero) is 1. The van der Waals surface area contributed by atoms with E-state index in [-0.39, 0.29) is 5.78 Å². The molecule has 2 atom stereocenters. The van der Waals surface area contributed by atoms with Gasteiger partial charge in [-0.2, -0.15) is 0 Å². The van der Waals surface area contributed by atoms with Crippen molar-refractivity contribution in [2.75, 3.05) is 0 Å². The van der Waals surface area contributed by atoms with Crippen molar-refractivity contribution in [1.82, 2.24) is 0 Å². The van der Waals surface area contributed by atoms with E-state index in [0.717, 1.165) is 4.47 Å². The number of halogens is 1. The van der Waals surface area contributed by atoms with Gasteiger partial charge in [-0.15, -0.1) is 0 Å². The lowest BCUT2D eigenvalue weighted by Gasteiger charge is -2.11. The van der Waals surface area contributed by atoms with E-state index in [1.807, 2.05) is 24.3 Å². The van der Waals surface area contributed by atoms with Crippen molar-refractivity contribution < 1.29 is 9.00 Å². The van der Waals surface area contributed by atoms with Crippen LogP contribution in [-0.4, -0.2) is 15.2 Å². The van der Waals surface area contributed by atoms with Crippen LogP contribution in [0, 0.1) is 0 Å². The first-order valence-corrected chi connectivity index (χ1v) is 7.86. The lowest BCUT2D eigenvalue weighted by Crippen LogP contribution is -2.23. The molecule has 0 amide bonds. The Hall–Kier alpha value is -1.26. The Morgan fingerprint density at radius 3 is 2.26 bits per heavy atom. The summed E-state index contributed by atoms with van der Waals surface area (Å²) in [5.74, 6) is -0.102. The Balaban J connectivity index is 2.26. The standard InChI is InChI=1S/C15H13BrO2S/c1-11(15(17)12-7-3-2-4-8-12)19(18)14-10-6-5-9-13(14)16/h2-11H,1H3. The number of hydrogen-bond donors (Lipinski definition) is 0. The highest BCUT2D eigenvalue weighted by molar-refractivity contribution is 9.10. The van der Waals surface area contributed by atoms with E-state index >= 15 is 0 Å². The van der Waals surface area contributed by atoms with Crippen molar-refractivity contribution in [3.8, 4) is 0 Å². The molecule has 2 aromatic carbocycles. The summed E-state index contributed by atoms with van der Waals surface area (Å²) in [6.07, 6.45) is 0. The van der Waals surface area contributed by atoms with Gasteiger partial charge < -0.3 is 0 Å². The lowest BCUT2D eigenvalue weighted by molar-refractivity contribution is 0.0992. The molecule has 4 heteroatoms. The topological polar surface area (TPSA) is 34.1 Å². The highest BCUT2D eigenvalue weighted by Crippen LogP contribution is 2.23. The number of benzene rings is 2. The first kappa shape index (κ1) is 14.2. The maximum atomic E-state index is 12.4. The molecule has 19 heavy (non-hydrogen) atoms. The van der Waals surface area contributed by atoms with Crippen molar-refractivity contribution in [1.29, 1.82) is 0 Å². The first-order chi connectivity index (χ1) is 9.11. The number of carbonyl (C=O) groups excluding carboxylic acids is 1. The third-order valence-corrected chi connectivity index (χ3v) is 5.40. The molecule has 0 N–H and O–H groups in total. The second-order valence-electron chi connectivity index (χ2n) is 4.10. The van der Waals surface area contributed by atoms with Crippen LogP contribution in [0.2, 0.25) is 0 Å². The first-order valence-electron chi connectivity index (χ1n) is 5.85. The Morgan fingerprint density at radius 1 is 1.05 bits per heavy atom. The van der Waals surface area contributed by atoms with Crippen LogP contribution >= 0.6 is 15.9 Å². The van der Waals surface area contributed by atoms with Gasteiger partial charge in [-0.3, -0.25) is 9.00 Å². The predicted octanol–water partition coefficient (Wildman–Crippen LogP) is 3.83. The molecule has 0 spiro atoms. The van der Waals surface area contributed by atoms with Gasteiger partial charge in [0.15, 0.2) is 5.78 Å². The summed E-state index contributed by atoms with van der Waals surface area (Å²) in [7, 11) is -1.37. The van der Waals surface area contributed by atoms with E-state index in [1.165, 1.54) is 0 Å². The van der Waals surface area contributed by atoms with Gasteiger partial charge in [0.25, 0.3) is 0 Å². The molecule has 2 nitrogen and oxygen atoms in total. The van der Waals surface area contributed by atoms with Gasteiger partial charge in [0, 0.05) is 10.0 Å². The fourth-order valence-corrected chi connectivity index (χ4v) is 3.68. The third-order valence-electron chi connectivity index (χ3n) is 2.80. The zero-order valence-electron chi connectivity index (χ0n) is 10.4. The van der Waals surface area contributed by atoms with Crippen LogP contribution in [0.25, 0.3) is 0 Å². The highest BCUT2D eigenvalue weighted by Gasteiger charge is 2.23. The molecule has 0 saturated carbocycles. The minimum absolute atomic E-state index is 0.102. The second-order valence-corrected chi connectivity index (χ2v) is 6.70. The summed E-state index contributed by atoms with van der Waals surface area (Å²) >= 11 is 3.37. The minimum Gasteiger partial charge on any atom is -0.293 e. The molecule has 0 fully saturated rings. The van der Waals surface area contributed by atoms with Crippen LogP contribution < -0.4 is 0 Å². The molecule has 0 aliphatic rings. The molecule has 2 aromatic rings. The summed E-state index contributed by atoms with van der Waals surface area (Å²) in [4.78, 5) is 12.9. The number of carbonyl (C=O) groups is 1. The molecule has 0 aliphatic carbocycles. The van der Waals surface area contributed by atoms with Gasteiger partial charge in [0.2, 0.25) is 0 Å². The summed E-state index contributed by atoms with van der Waals surface area (Å²) in [5.41, 5.74) is 0.593. The zero-order chi connectivity index (χ0) is 13.8. The molecule has 0 saturated heterocycles. The molecular formula is C15H13BrO2S. The van der Waals surface area contributed by atoms with Gasteiger partial charge in [-0.25, -0.2) is 0 Å². The largest absolute Gasteiger partial charge is 0.293 e. The predicted molar refractivity (Wildman–Crippen MR) is 80.8 cm³/mol. The van der Waals surface area contributed by atoms with Crippen LogP contribution in [0.5, 0.6) is 0 Å². The Bertz CT molecular complexity index is 611. The van der Waals surface area contributed by atoms with E-state index in [2.05, 4.69) is 15.9 Å². The van der Waals surface area contributed by atoms with Crippen molar-refractivity contribution in [2.24, 2.45) is 0 Å². The zero-order valence-corrected chi connectivity index (χ0v) is 12.8. The average Bonchev–Trinajstić information content (AvgIpc) is 2.46. The van der Waals surface area contributed by atoms with Crippen LogP contribution in [0.3, 0.4) is 0 Å². The fourth-order valence-electron chi connectivity index (χ4n) is 1.73. The quantitative estimate of drug-likeness (QED) is 0.795. The van der Waals surface area contributed by atoms with Crippen molar-refractivity contribution in [3.05, 3.63) is 64.6 Å². The molecule has 2 rings (SSSR count). The monoisotopic (exact) mass is 336 g/mol. The summed E-state index contributed by atoms with van der Waals surface area (Å²) < 4.78 is 13.2. The van der Waals surface area contributed by atoms with Crippen molar-refractivity contribution >= 4 is 32.5 Å². The van der Waals surface area contributed by atoms with Crippen LogP contribution in [0.15, 0.2) is 64.0 Å². The molecule has 0 heterocycles. The van der Waals surface area contributed by atoms with Gasteiger partial charge in [-0.05, 0) is 35.0 Å². The van der Waals surface area contributed by atoms with Gasteiger partial charge in [-0.1, -0.05) is 42.5 Å². The van der Waals surface area contributed by atoms with Gasteiger partial charge in [0.1, 0.15) is 0 Å². The Labute approximate surface area is 123 Å². The average molecular weight is 337 g/mol. The maximum Gasteiger partial charge on any atom is 0.178 e. The Morgan fingerprint density at radius 2 is 1.63 bits per heavy atom. The molecule has 0 bridgehead atoms. The maximum absolute atomic E-state index is 12.4.